The number of aryl methyl sites for hydroxylation is 1. The van der Waals surface area contributed by atoms with Gasteiger partial charge in [0.2, 0.25) is 5.91 Å². The molecule has 2 bridgehead atoms. The minimum absolute atomic E-state index is 0.0678. The van der Waals surface area contributed by atoms with Gasteiger partial charge in [0.25, 0.3) is 0 Å². The first-order valence-electron chi connectivity index (χ1n) is 12.4. The van der Waals surface area contributed by atoms with Gasteiger partial charge in [0, 0.05) is 53.7 Å². The monoisotopic (exact) mass is 448 g/mol. The van der Waals surface area contributed by atoms with Gasteiger partial charge in [-0.05, 0) is 69.0 Å². The minimum Gasteiger partial charge on any atom is -0.373 e. The van der Waals surface area contributed by atoms with Crippen LogP contribution < -0.4 is 15.5 Å². The first-order valence-corrected chi connectivity index (χ1v) is 12.4. The van der Waals surface area contributed by atoms with Crippen LogP contribution in [0.5, 0.6) is 0 Å². The van der Waals surface area contributed by atoms with Gasteiger partial charge in [-0.25, -0.2) is 4.39 Å². The molecule has 5 nitrogen and oxygen atoms in total. The molecular formula is C27H33FN4O. The number of likely N-dealkylation sites (tertiary alicyclic amines) is 1. The normalized spacial score (nSPS) is 28.9. The third kappa shape index (κ3) is 3.50. The highest BCUT2D eigenvalue weighted by Gasteiger charge is 2.45. The molecule has 2 aromatic carbocycles. The second-order valence-electron chi connectivity index (χ2n) is 10.5. The molecule has 3 aliphatic heterocycles. The Labute approximate surface area is 195 Å². The fraction of sp³-hybridized carbons (Fsp3) is 0.519. The number of carbonyl (C=O) groups excluding carboxylic acids is 1. The molecule has 2 saturated heterocycles. The number of likely N-dealkylation sites (N-methyl/N-ethyl adjacent to an activating group) is 1. The van der Waals surface area contributed by atoms with E-state index in [9.17, 15) is 9.18 Å². The van der Waals surface area contributed by atoms with Gasteiger partial charge in [0.15, 0.2) is 0 Å². The Morgan fingerprint density at radius 1 is 1.12 bits per heavy atom. The van der Waals surface area contributed by atoms with Crippen molar-refractivity contribution >= 4 is 23.0 Å². The van der Waals surface area contributed by atoms with E-state index < -0.39 is 6.04 Å². The van der Waals surface area contributed by atoms with Crippen molar-refractivity contribution in [3.05, 3.63) is 53.3 Å². The highest BCUT2D eigenvalue weighted by atomic mass is 19.1. The zero-order chi connectivity index (χ0) is 22.7. The molecular weight excluding hydrogens is 415 g/mol. The highest BCUT2D eigenvalue weighted by molar-refractivity contribution is 5.99. The van der Waals surface area contributed by atoms with E-state index >= 15 is 0 Å². The van der Waals surface area contributed by atoms with Crippen molar-refractivity contribution in [1.82, 2.24) is 4.90 Å². The number of piperazine rings is 1. The smallest absolute Gasteiger partial charge is 0.247 e. The van der Waals surface area contributed by atoms with Gasteiger partial charge in [-0.2, -0.15) is 0 Å². The molecule has 2 aromatic rings. The van der Waals surface area contributed by atoms with Crippen molar-refractivity contribution in [3.63, 3.8) is 0 Å². The van der Waals surface area contributed by atoms with E-state index in [0.29, 0.717) is 23.6 Å². The summed E-state index contributed by atoms with van der Waals surface area (Å²) < 4.78 is 15.0. The Balaban J connectivity index is 1.24. The lowest BCUT2D eigenvalue weighted by Crippen LogP contribution is -2.44. The van der Waals surface area contributed by atoms with E-state index in [4.69, 9.17) is 0 Å². The molecule has 1 aliphatic carbocycles. The summed E-state index contributed by atoms with van der Waals surface area (Å²) in [5.41, 5.74) is 4.52. The largest absolute Gasteiger partial charge is 0.373 e. The second kappa shape index (κ2) is 8.01. The van der Waals surface area contributed by atoms with Crippen LogP contribution in [0.4, 0.5) is 21.5 Å². The Hall–Kier alpha value is -2.60. The van der Waals surface area contributed by atoms with Crippen LogP contribution in [0.15, 0.2) is 36.4 Å². The molecule has 6 rings (SSSR count). The van der Waals surface area contributed by atoms with Crippen LogP contribution in [-0.4, -0.2) is 49.1 Å². The fourth-order valence-corrected chi connectivity index (χ4v) is 6.85. The first kappa shape index (κ1) is 21.0. The van der Waals surface area contributed by atoms with Crippen LogP contribution in [0.3, 0.4) is 0 Å². The van der Waals surface area contributed by atoms with Crippen molar-refractivity contribution in [3.8, 4) is 0 Å². The van der Waals surface area contributed by atoms with E-state index in [1.54, 1.807) is 12.1 Å². The molecule has 33 heavy (non-hydrogen) atoms. The Bertz CT molecular complexity index is 1080. The van der Waals surface area contributed by atoms with E-state index in [1.165, 1.54) is 12.1 Å². The maximum absolute atomic E-state index is 15.0. The number of benzene rings is 2. The van der Waals surface area contributed by atoms with Crippen LogP contribution in [0.25, 0.3) is 0 Å². The predicted octanol–water partition coefficient (Wildman–Crippen LogP) is 4.73. The summed E-state index contributed by atoms with van der Waals surface area (Å²) in [5, 5.41) is 6.59. The van der Waals surface area contributed by atoms with Gasteiger partial charge < -0.3 is 15.5 Å². The Kier molecular flexibility index (Phi) is 5.09. The second-order valence-corrected chi connectivity index (χ2v) is 10.5. The predicted molar refractivity (Wildman–Crippen MR) is 130 cm³/mol. The van der Waals surface area contributed by atoms with Gasteiger partial charge in [-0.3, -0.25) is 9.69 Å². The lowest BCUT2D eigenvalue weighted by Gasteiger charge is -2.34. The average molecular weight is 449 g/mol. The van der Waals surface area contributed by atoms with Gasteiger partial charge in [0.05, 0.1) is 0 Å². The SMILES string of the molecule is Cc1ccc(F)c2c1NC(C(=O)Nc1cccc(N3CC4CC3CN4C)c1)C2C1CCCC1. The summed E-state index contributed by atoms with van der Waals surface area (Å²) in [6.45, 7) is 4.13. The first-order chi connectivity index (χ1) is 16.0. The third-order valence-electron chi connectivity index (χ3n) is 8.54. The Morgan fingerprint density at radius 3 is 2.67 bits per heavy atom. The van der Waals surface area contributed by atoms with Crippen LogP contribution >= 0.6 is 0 Å². The molecule has 6 heteroatoms. The number of amides is 1. The molecule has 2 N–H and O–H groups in total. The average Bonchev–Trinajstić information content (AvgIpc) is 3.59. The van der Waals surface area contributed by atoms with E-state index in [2.05, 4.69) is 39.6 Å². The molecule has 1 saturated carbocycles. The number of fused-ring (bicyclic) bond motifs is 3. The van der Waals surface area contributed by atoms with Gasteiger partial charge in [0.1, 0.15) is 11.9 Å². The van der Waals surface area contributed by atoms with Crippen molar-refractivity contribution in [2.24, 2.45) is 5.92 Å². The quantitative estimate of drug-likeness (QED) is 0.710. The van der Waals surface area contributed by atoms with Gasteiger partial charge in [-0.1, -0.05) is 25.0 Å². The van der Waals surface area contributed by atoms with Crippen molar-refractivity contribution in [2.75, 3.05) is 35.7 Å². The number of hydrogen-bond donors (Lipinski definition) is 2. The molecule has 4 atom stereocenters. The number of nitrogens with zero attached hydrogens (tertiary/aromatic N) is 2. The summed E-state index contributed by atoms with van der Waals surface area (Å²) in [6, 6.07) is 12.3. The highest BCUT2D eigenvalue weighted by Crippen LogP contribution is 2.49. The lowest BCUT2D eigenvalue weighted by molar-refractivity contribution is -0.117. The number of halogens is 1. The van der Waals surface area contributed by atoms with Crippen LogP contribution in [0.2, 0.25) is 0 Å². The van der Waals surface area contributed by atoms with Crippen LogP contribution in [-0.2, 0) is 4.79 Å². The van der Waals surface area contributed by atoms with Crippen molar-refractivity contribution in [1.29, 1.82) is 0 Å². The minimum atomic E-state index is -0.446. The number of hydrogen-bond acceptors (Lipinski definition) is 4. The van der Waals surface area contributed by atoms with E-state index in [-0.39, 0.29) is 17.6 Å². The van der Waals surface area contributed by atoms with Gasteiger partial charge in [-0.15, -0.1) is 0 Å². The fourth-order valence-electron chi connectivity index (χ4n) is 6.85. The topological polar surface area (TPSA) is 47.6 Å². The van der Waals surface area contributed by atoms with E-state index in [0.717, 1.165) is 55.7 Å². The van der Waals surface area contributed by atoms with Crippen molar-refractivity contribution < 1.29 is 9.18 Å². The molecule has 3 fully saturated rings. The number of nitrogens with one attached hydrogen (secondary N) is 2. The summed E-state index contributed by atoms with van der Waals surface area (Å²) in [4.78, 5) is 18.5. The maximum Gasteiger partial charge on any atom is 0.247 e. The van der Waals surface area contributed by atoms with Crippen LogP contribution in [0, 0.1) is 18.7 Å². The molecule has 174 valence electrons. The van der Waals surface area contributed by atoms with E-state index in [1.807, 2.05) is 19.1 Å². The number of rotatable bonds is 4. The van der Waals surface area contributed by atoms with Crippen LogP contribution in [0.1, 0.15) is 49.1 Å². The summed E-state index contributed by atoms with van der Waals surface area (Å²) in [6.07, 6.45) is 5.65. The summed E-state index contributed by atoms with van der Waals surface area (Å²) in [5.74, 6) is -0.0298. The lowest BCUT2D eigenvalue weighted by atomic mass is 9.81. The summed E-state index contributed by atoms with van der Waals surface area (Å²) >= 11 is 0. The zero-order valence-corrected chi connectivity index (χ0v) is 19.5. The number of anilines is 3. The summed E-state index contributed by atoms with van der Waals surface area (Å²) in [7, 11) is 2.20. The Morgan fingerprint density at radius 2 is 1.94 bits per heavy atom. The standard InChI is InChI=1S/C27H33FN4O/c1-16-10-11-22(28)24-23(17-6-3-4-7-17)26(30-25(16)24)27(33)29-18-8-5-9-19(12-18)32-15-20-13-21(32)14-31(20)2/h5,8-12,17,20-21,23,26,30H,3-4,6-7,13-15H2,1-2H3,(H,29,33). The molecule has 1 amide bonds. The molecule has 0 spiro atoms. The van der Waals surface area contributed by atoms with Gasteiger partial charge >= 0.3 is 0 Å². The zero-order valence-electron chi connectivity index (χ0n) is 19.5. The van der Waals surface area contributed by atoms with Crippen molar-refractivity contribution in [2.45, 2.75) is 63.1 Å². The molecule has 0 radical (unpaired) electrons. The third-order valence-corrected chi connectivity index (χ3v) is 8.54. The maximum atomic E-state index is 15.0. The molecule has 3 heterocycles. The molecule has 0 aromatic heterocycles. The molecule has 4 unspecified atom stereocenters. The number of carbonyl (C=O) groups is 1. The molecule has 4 aliphatic rings.